The van der Waals surface area contributed by atoms with Crippen molar-refractivity contribution in [1.29, 1.82) is 0 Å². The highest BCUT2D eigenvalue weighted by atomic mass is 79.9. The van der Waals surface area contributed by atoms with Crippen molar-refractivity contribution in [2.45, 2.75) is 6.42 Å². The quantitative estimate of drug-likeness (QED) is 0.641. The number of hydrogen-bond donors (Lipinski definition) is 1. The molecule has 0 saturated heterocycles. The maximum Gasteiger partial charge on any atom is 0.312 e. The van der Waals surface area contributed by atoms with Crippen molar-refractivity contribution in [1.82, 2.24) is 4.98 Å². The molecule has 5 nitrogen and oxygen atoms in total. The summed E-state index contributed by atoms with van der Waals surface area (Å²) in [6.07, 6.45) is 2.27. The fourth-order valence-electron chi connectivity index (χ4n) is 1.49. The smallest absolute Gasteiger partial charge is 0.312 e. The Morgan fingerprint density at radius 2 is 2.32 bits per heavy atom. The van der Waals surface area contributed by atoms with E-state index in [-0.39, 0.29) is 11.5 Å². The van der Waals surface area contributed by atoms with Crippen LogP contribution in [0.4, 0.5) is 11.5 Å². The molecule has 0 atom stereocenters. The second-order valence-corrected chi connectivity index (χ2v) is 6.38. The number of thiophene rings is 1. The third kappa shape index (κ3) is 3.89. The highest BCUT2D eigenvalue weighted by Gasteiger charge is 2.15. The van der Waals surface area contributed by atoms with Crippen LogP contribution in [0.25, 0.3) is 0 Å². The van der Waals surface area contributed by atoms with E-state index in [2.05, 4.69) is 26.2 Å². The molecular formula is C11H9BrClN3O2S. The third-order valence-electron chi connectivity index (χ3n) is 2.32. The van der Waals surface area contributed by atoms with Gasteiger partial charge in [0.05, 0.1) is 9.26 Å². The minimum atomic E-state index is -0.456. The van der Waals surface area contributed by atoms with Gasteiger partial charge in [0.1, 0.15) is 0 Å². The number of aromatic nitrogens is 1. The first-order chi connectivity index (χ1) is 9.06. The number of hydrogen-bond acceptors (Lipinski definition) is 5. The van der Waals surface area contributed by atoms with Gasteiger partial charge in [-0.15, -0.1) is 11.3 Å². The van der Waals surface area contributed by atoms with Gasteiger partial charge < -0.3 is 5.32 Å². The van der Waals surface area contributed by atoms with E-state index < -0.39 is 4.92 Å². The van der Waals surface area contributed by atoms with Gasteiger partial charge in [-0.3, -0.25) is 10.1 Å². The Morgan fingerprint density at radius 3 is 2.95 bits per heavy atom. The molecule has 0 spiro atoms. The van der Waals surface area contributed by atoms with Crippen molar-refractivity contribution >= 4 is 50.4 Å². The van der Waals surface area contributed by atoms with Gasteiger partial charge in [-0.1, -0.05) is 11.6 Å². The molecule has 0 bridgehead atoms. The normalized spacial score (nSPS) is 10.4. The molecule has 0 aromatic carbocycles. The van der Waals surface area contributed by atoms with E-state index in [4.69, 9.17) is 11.6 Å². The molecule has 0 amide bonds. The molecule has 0 aliphatic heterocycles. The van der Waals surface area contributed by atoms with Crippen LogP contribution in [0.1, 0.15) is 4.88 Å². The number of halogens is 2. The summed E-state index contributed by atoms with van der Waals surface area (Å²) < 4.78 is 1.32. The van der Waals surface area contributed by atoms with E-state index in [1.807, 2.05) is 12.1 Å². The maximum atomic E-state index is 10.9. The van der Waals surface area contributed by atoms with E-state index in [1.54, 1.807) is 0 Å². The Hall–Kier alpha value is -1.18. The van der Waals surface area contributed by atoms with Gasteiger partial charge in [0.15, 0.2) is 0 Å². The van der Waals surface area contributed by atoms with Gasteiger partial charge in [0.25, 0.3) is 0 Å². The summed E-state index contributed by atoms with van der Waals surface area (Å²) in [5.41, 5.74) is -0.0430. The van der Waals surface area contributed by atoms with Crippen LogP contribution in [0.3, 0.4) is 0 Å². The molecule has 2 aromatic rings. The molecule has 100 valence electrons. The summed E-state index contributed by atoms with van der Waals surface area (Å²) >= 11 is 10.5. The Morgan fingerprint density at radius 1 is 1.53 bits per heavy atom. The number of rotatable bonds is 5. The van der Waals surface area contributed by atoms with Crippen LogP contribution in [-0.4, -0.2) is 16.5 Å². The third-order valence-corrected chi connectivity index (χ3v) is 4.05. The van der Waals surface area contributed by atoms with E-state index in [0.717, 1.165) is 15.6 Å². The first kappa shape index (κ1) is 14.2. The molecule has 1 N–H and O–H groups in total. The number of nitro groups is 1. The van der Waals surface area contributed by atoms with Crippen LogP contribution in [0.5, 0.6) is 0 Å². The van der Waals surface area contributed by atoms with E-state index >= 15 is 0 Å². The molecule has 19 heavy (non-hydrogen) atoms. The summed E-state index contributed by atoms with van der Waals surface area (Å²) in [6, 6.07) is 5.21. The number of anilines is 1. The highest BCUT2D eigenvalue weighted by molar-refractivity contribution is 9.10. The molecule has 0 fully saturated rings. The predicted molar refractivity (Wildman–Crippen MR) is 80.1 cm³/mol. The molecule has 0 aliphatic rings. The summed E-state index contributed by atoms with van der Waals surface area (Å²) in [5.74, 6) is 0.274. The Labute approximate surface area is 126 Å². The zero-order chi connectivity index (χ0) is 13.8. The van der Waals surface area contributed by atoms with Crippen LogP contribution in [0, 0.1) is 10.1 Å². The second-order valence-electron chi connectivity index (χ2n) is 3.66. The lowest BCUT2D eigenvalue weighted by Gasteiger charge is -2.05. The van der Waals surface area contributed by atoms with Gasteiger partial charge >= 0.3 is 5.69 Å². The van der Waals surface area contributed by atoms with Crippen molar-refractivity contribution < 1.29 is 4.92 Å². The lowest BCUT2D eigenvalue weighted by atomic mass is 10.3. The molecular weight excluding hydrogens is 354 g/mol. The predicted octanol–water partition coefficient (Wildman–Crippen LogP) is 4.12. The number of nitrogens with one attached hydrogen (secondary N) is 1. The standard InChI is InChI=1S/C11H9BrClN3O2S/c12-7-5-9(16(17)18)11(15-6-7)14-4-3-8-1-2-10(13)19-8/h1-2,5-6H,3-4H2,(H,14,15). The Kier molecular flexibility index (Phi) is 4.73. The van der Waals surface area contributed by atoms with Crippen LogP contribution in [0.15, 0.2) is 28.9 Å². The fraction of sp³-hybridized carbons (Fsp3) is 0.182. The van der Waals surface area contributed by atoms with Crippen molar-refractivity contribution in [3.63, 3.8) is 0 Å². The SMILES string of the molecule is O=[N+]([O-])c1cc(Br)cnc1NCCc1ccc(Cl)s1. The first-order valence-electron chi connectivity index (χ1n) is 5.34. The van der Waals surface area contributed by atoms with Crippen LogP contribution in [0.2, 0.25) is 4.34 Å². The topological polar surface area (TPSA) is 68.1 Å². The maximum absolute atomic E-state index is 10.9. The first-order valence-corrected chi connectivity index (χ1v) is 7.33. The van der Waals surface area contributed by atoms with E-state index in [9.17, 15) is 10.1 Å². The van der Waals surface area contributed by atoms with Gasteiger partial charge in [0, 0.05) is 28.2 Å². The van der Waals surface area contributed by atoms with Crippen molar-refractivity contribution in [3.05, 3.63) is 48.2 Å². The summed E-state index contributed by atoms with van der Waals surface area (Å²) in [4.78, 5) is 15.6. The van der Waals surface area contributed by atoms with E-state index in [0.29, 0.717) is 11.0 Å². The van der Waals surface area contributed by atoms with Crippen LogP contribution < -0.4 is 5.32 Å². The molecule has 2 rings (SSSR count). The largest absolute Gasteiger partial charge is 0.364 e. The summed E-state index contributed by atoms with van der Waals surface area (Å²) in [7, 11) is 0. The molecule has 8 heteroatoms. The van der Waals surface area contributed by atoms with Gasteiger partial charge in [-0.25, -0.2) is 4.98 Å². The molecule has 0 saturated carbocycles. The van der Waals surface area contributed by atoms with Crippen molar-refractivity contribution in [2.24, 2.45) is 0 Å². The van der Waals surface area contributed by atoms with Gasteiger partial charge in [0.2, 0.25) is 5.82 Å². The average Bonchev–Trinajstić information content (AvgIpc) is 2.77. The molecule has 0 aliphatic carbocycles. The lowest BCUT2D eigenvalue weighted by Crippen LogP contribution is -2.07. The molecule has 2 aromatic heterocycles. The van der Waals surface area contributed by atoms with Gasteiger partial charge in [-0.05, 0) is 34.5 Å². The van der Waals surface area contributed by atoms with Crippen LogP contribution >= 0.6 is 38.9 Å². The Balaban J connectivity index is 2.01. The zero-order valence-corrected chi connectivity index (χ0v) is 12.8. The fourth-order valence-corrected chi connectivity index (χ4v) is 2.90. The lowest BCUT2D eigenvalue weighted by molar-refractivity contribution is -0.384. The molecule has 2 heterocycles. The second kappa shape index (κ2) is 6.31. The minimum absolute atomic E-state index is 0.0430. The average molecular weight is 363 g/mol. The monoisotopic (exact) mass is 361 g/mol. The van der Waals surface area contributed by atoms with Crippen LogP contribution in [-0.2, 0) is 6.42 Å². The summed E-state index contributed by atoms with van der Waals surface area (Å²) in [6.45, 7) is 0.562. The number of nitrogens with zero attached hydrogens (tertiary/aromatic N) is 2. The number of pyridine rings is 1. The highest BCUT2D eigenvalue weighted by Crippen LogP contribution is 2.26. The molecule has 0 unspecified atom stereocenters. The van der Waals surface area contributed by atoms with Crippen molar-refractivity contribution in [3.8, 4) is 0 Å². The minimum Gasteiger partial charge on any atom is -0.364 e. The Bertz CT molecular complexity index is 605. The molecule has 0 radical (unpaired) electrons. The zero-order valence-electron chi connectivity index (χ0n) is 9.60. The van der Waals surface area contributed by atoms with E-state index in [1.165, 1.54) is 23.6 Å². The summed E-state index contributed by atoms with van der Waals surface area (Å²) in [5, 5.41) is 13.9. The van der Waals surface area contributed by atoms with Crippen molar-refractivity contribution in [2.75, 3.05) is 11.9 Å². The van der Waals surface area contributed by atoms with Gasteiger partial charge in [-0.2, -0.15) is 0 Å².